The van der Waals surface area contributed by atoms with Gasteiger partial charge >= 0.3 is 51.4 Å². The minimum Gasteiger partial charge on any atom is -1.00 e. The van der Waals surface area contributed by atoms with Crippen molar-refractivity contribution in [2.24, 2.45) is 0 Å². The number of benzene rings is 6. The van der Waals surface area contributed by atoms with Crippen LogP contribution < -0.4 is 93.2 Å². The number of carbonyl (C=O) groups excluding carboxylic acids is 6. The third-order valence-electron chi connectivity index (χ3n) is 12.3. The molecule has 29 heteroatoms. The summed E-state index contributed by atoms with van der Waals surface area (Å²) in [7, 11) is 6.54. The molecule has 9 N–H and O–H groups in total. The van der Waals surface area contributed by atoms with Crippen molar-refractivity contribution in [3.8, 4) is 17.6 Å². The van der Waals surface area contributed by atoms with Crippen LogP contribution in [0.3, 0.4) is 0 Å². The first-order valence-electron chi connectivity index (χ1n) is 26.4. The summed E-state index contributed by atoms with van der Waals surface area (Å²) < 4.78 is 10.2. The number of nitrogens with zero attached hydrogens (tertiary/aromatic N) is 6. The normalized spacial score (nSPS) is 9.65. The average Bonchev–Trinajstić information content (AvgIpc) is 0.950. The van der Waals surface area contributed by atoms with Crippen LogP contribution in [0.25, 0.3) is 4.85 Å². The standard InChI is InChI=1S/C23H22ClN5O3.C21H15ClN4O3.C13H12ClN3O2.C8H4ClNO.B.HI.K.H/c1-29(2)21(25)15-4-6-16(7-5-15)22(31)27-19-9-3-14(13-30)11-18(19)23(32)28-20-10-8-17(24)12-26-20;1-29-16-7-8-18(25-20(27)14-4-2-13(11-23)3-5-14)17(10-16)21(28)26-19-9-6-15(22)12-24-19;1-19-9-3-4-11(15)10(6-9)13(18)17-12-5-2-8(14)7-16-12;1-10-7-4-2-6(3-5-7)8(9)11;;;;/h3-12,25,30H,13H2,1-2H3,(H,27,31)(H,26,28,32);2-10,12H,1H3,(H,25,27)(H,24,26,28);2-7H,15H2,1H3,(H,16,17,18);2-5H;;1H;;/q;;;;;;+1;-1. The molecule has 3 aromatic heterocycles. The van der Waals surface area contributed by atoms with E-state index in [1.165, 1.54) is 69.2 Å². The zero-order chi connectivity index (χ0) is 66.1. The van der Waals surface area contributed by atoms with E-state index in [4.69, 9.17) is 78.9 Å². The summed E-state index contributed by atoms with van der Waals surface area (Å²) in [6.07, 6.45) is 4.27. The molecule has 22 nitrogen and oxygen atoms in total. The number of hydrogen-bond donors (Lipinski definition) is 8. The van der Waals surface area contributed by atoms with Crippen LogP contribution in [-0.4, -0.2) is 102 Å². The Labute approximate surface area is 623 Å². The Morgan fingerprint density at radius 3 is 1.37 bits per heavy atom. The number of pyridine rings is 3. The number of nitriles is 1. The topological polar surface area (TPSA) is 321 Å². The number of rotatable bonds is 15. The van der Waals surface area contributed by atoms with Crippen molar-refractivity contribution in [3.05, 3.63) is 259 Å². The maximum Gasteiger partial charge on any atom is 1.00 e. The molecule has 6 aromatic carbocycles. The molecule has 0 aliphatic carbocycles. The molecule has 0 bridgehead atoms. The number of nitrogens with one attached hydrogen (secondary N) is 6. The second-order valence-corrected chi connectivity index (χ2v) is 20.4. The molecule has 9 aromatic rings. The Balaban J connectivity index is 0.000000449. The van der Waals surface area contributed by atoms with Gasteiger partial charge in [-0.15, -0.1) is 24.0 Å². The van der Waals surface area contributed by atoms with Gasteiger partial charge in [-0.3, -0.25) is 34.2 Å². The molecule has 5 amide bonds. The first kappa shape index (κ1) is 79.4. The summed E-state index contributed by atoms with van der Waals surface area (Å²) in [5.74, 6) is 0.181. The fourth-order valence-corrected chi connectivity index (χ4v) is 7.94. The van der Waals surface area contributed by atoms with Crippen LogP contribution in [0, 0.1) is 23.3 Å². The van der Waals surface area contributed by atoms with Crippen molar-refractivity contribution in [2.75, 3.05) is 60.6 Å². The number of aromatic nitrogens is 3. The number of ether oxygens (including phenoxy) is 2. The van der Waals surface area contributed by atoms with Crippen LogP contribution in [0.1, 0.15) is 80.3 Å². The van der Waals surface area contributed by atoms with E-state index in [0.717, 1.165) is 0 Å². The van der Waals surface area contributed by atoms with E-state index in [2.05, 4.69) is 46.4 Å². The minimum atomic E-state index is -0.500. The second kappa shape index (κ2) is 39.7. The molecule has 0 spiro atoms. The summed E-state index contributed by atoms with van der Waals surface area (Å²) in [6.45, 7) is 6.37. The van der Waals surface area contributed by atoms with E-state index < -0.39 is 28.9 Å². The molecule has 0 atom stereocenters. The molecule has 0 fully saturated rings. The Bertz CT molecular complexity index is 4200. The number of anilines is 6. The summed E-state index contributed by atoms with van der Waals surface area (Å²) in [5.41, 5.74) is 10.7. The molecular formula is C65H55BCl4IKN13O9. The van der Waals surface area contributed by atoms with Gasteiger partial charge in [-0.1, -0.05) is 77.3 Å². The smallest absolute Gasteiger partial charge is 1.00 e. The number of aliphatic hydroxyl groups is 1. The second-order valence-electron chi connectivity index (χ2n) is 18.7. The number of nitrogens with two attached hydrogens (primary N) is 1. The Kier molecular flexibility index (Phi) is 33.5. The van der Waals surface area contributed by atoms with E-state index in [1.807, 2.05) is 6.07 Å². The average molecular weight is 1480 g/mol. The van der Waals surface area contributed by atoms with Gasteiger partial charge in [0.15, 0.2) is 5.69 Å². The number of amidine groups is 1. The number of methoxy groups -OCH3 is 2. The minimum absolute atomic E-state index is 0. The van der Waals surface area contributed by atoms with Crippen LogP contribution in [0.4, 0.5) is 40.2 Å². The van der Waals surface area contributed by atoms with E-state index in [0.29, 0.717) is 106 Å². The molecule has 3 radical (unpaired) electrons. The van der Waals surface area contributed by atoms with Gasteiger partial charge in [0.2, 0.25) is 0 Å². The zero-order valence-corrected chi connectivity index (χ0v) is 59.0. The summed E-state index contributed by atoms with van der Waals surface area (Å²) in [6, 6.07) is 44.8. The largest absolute Gasteiger partial charge is 1.00 e. The summed E-state index contributed by atoms with van der Waals surface area (Å²) in [4.78, 5) is 90.4. The predicted octanol–water partition coefficient (Wildman–Crippen LogP) is 10.3. The SMILES string of the molecule is CN(C)C(=N)c1ccc(C(=O)Nc2ccc(CO)cc2C(=O)Nc2ccc(Cl)cn2)cc1.COc1ccc(N)c(C(=O)Nc2ccc(Cl)cn2)c1.COc1ccc(NC(=O)c2ccc(C#N)cc2)c(C(=O)Nc2ccc(Cl)cn2)c1.I.[B].[C-]#[N+]c1ccc(C(=O)Cl)cc1.[H-].[K+]. The molecule has 9 rings (SSSR count). The maximum atomic E-state index is 12.8. The van der Waals surface area contributed by atoms with Crippen LogP contribution in [-0.2, 0) is 6.61 Å². The third-order valence-corrected chi connectivity index (χ3v) is 13.1. The van der Waals surface area contributed by atoms with Gasteiger partial charge in [-0.2, -0.15) is 5.26 Å². The molecule has 0 saturated carbocycles. The van der Waals surface area contributed by atoms with E-state index >= 15 is 0 Å². The van der Waals surface area contributed by atoms with Crippen molar-refractivity contribution in [1.82, 2.24) is 19.9 Å². The number of aliphatic hydroxyl groups excluding tert-OH is 1. The van der Waals surface area contributed by atoms with Crippen molar-refractivity contribution in [2.45, 2.75) is 6.61 Å². The van der Waals surface area contributed by atoms with Gasteiger partial charge in [0.05, 0.1) is 82.2 Å². The summed E-state index contributed by atoms with van der Waals surface area (Å²) in [5, 5.41) is 40.6. The Hall–Kier alpha value is -8.81. The molecule has 0 aliphatic heterocycles. The van der Waals surface area contributed by atoms with Crippen molar-refractivity contribution >= 4 is 160 Å². The van der Waals surface area contributed by atoms with E-state index in [1.54, 1.807) is 146 Å². The quantitative estimate of drug-likeness (QED) is 0.00900. The molecule has 0 aliphatic rings. The van der Waals surface area contributed by atoms with Gasteiger partial charge in [-0.25, -0.2) is 19.8 Å². The fourth-order valence-electron chi connectivity index (χ4n) is 7.48. The first-order chi connectivity index (χ1) is 43.6. The van der Waals surface area contributed by atoms with Crippen LogP contribution >= 0.6 is 70.4 Å². The van der Waals surface area contributed by atoms with Gasteiger partial charge in [-0.05, 0) is 138 Å². The third kappa shape index (κ3) is 24.3. The van der Waals surface area contributed by atoms with Crippen LogP contribution in [0.2, 0.25) is 15.1 Å². The zero-order valence-electron chi connectivity index (χ0n) is 51.5. The van der Waals surface area contributed by atoms with Gasteiger partial charge in [0.25, 0.3) is 34.8 Å². The molecule has 473 valence electrons. The number of halogens is 5. The molecule has 94 heavy (non-hydrogen) atoms. The molecule has 0 saturated heterocycles. The molecule has 0 unspecified atom stereocenters. The van der Waals surface area contributed by atoms with Crippen molar-refractivity contribution < 1.29 is 96.2 Å². The predicted molar refractivity (Wildman–Crippen MR) is 374 cm³/mol. The van der Waals surface area contributed by atoms with Crippen LogP contribution in [0.5, 0.6) is 11.5 Å². The molecule has 3 heterocycles. The van der Waals surface area contributed by atoms with Gasteiger partial charge < -0.3 is 53.2 Å². The van der Waals surface area contributed by atoms with Gasteiger partial charge in [0, 0.05) is 69.0 Å². The fraction of sp³-hybridized carbons (Fsp3) is 0.0769. The Morgan fingerprint density at radius 2 is 0.979 bits per heavy atom. The number of amides is 5. The maximum absolute atomic E-state index is 12.8. The number of carbonyl (C=O) groups is 6. The number of hydrogen-bond acceptors (Lipinski definition) is 15. The first-order valence-corrected chi connectivity index (χ1v) is 27.9. The van der Waals surface area contributed by atoms with Crippen molar-refractivity contribution in [3.63, 3.8) is 0 Å². The van der Waals surface area contributed by atoms with E-state index in [9.17, 15) is 33.9 Å². The van der Waals surface area contributed by atoms with E-state index in [-0.39, 0.29) is 115 Å². The summed E-state index contributed by atoms with van der Waals surface area (Å²) >= 11 is 22.5. The Morgan fingerprint density at radius 1 is 0.585 bits per heavy atom. The molecular weight excluding hydrogens is 1430 g/mol. The van der Waals surface area contributed by atoms with Crippen molar-refractivity contribution in [1.29, 1.82) is 10.7 Å². The van der Waals surface area contributed by atoms with Gasteiger partial charge in [0.1, 0.15) is 34.8 Å². The van der Waals surface area contributed by atoms with Crippen LogP contribution in [0.15, 0.2) is 182 Å². The monoisotopic (exact) mass is 1480 g/mol. The number of nitrogen functional groups attached to an aromatic ring is 1.